The molecular formula is C14H21N5OS. The van der Waals surface area contributed by atoms with Crippen LogP contribution in [0.5, 0.6) is 0 Å². The molecule has 0 saturated heterocycles. The van der Waals surface area contributed by atoms with Gasteiger partial charge in [0, 0.05) is 25.2 Å². The molecule has 0 aromatic carbocycles. The first-order valence-electron chi connectivity index (χ1n) is 7.41. The molecule has 0 aliphatic heterocycles. The Bertz CT molecular complexity index is 690. The molecule has 2 aromatic rings. The fourth-order valence-electron chi connectivity index (χ4n) is 2.71. The Morgan fingerprint density at radius 3 is 2.95 bits per heavy atom. The first kappa shape index (κ1) is 14.6. The van der Waals surface area contributed by atoms with Crippen molar-refractivity contribution < 1.29 is 0 Å². The molecule has 6 nitrogen and oxygen atoms in total. The van der Waals surface area contributed by atoms with Gasteiger partial charge in [-0.3, -0.25) is 9.69 Å². The highest BCUT2D eigenvalue weighted by Crippen LogP contribution is 2.34. The first-order valence-corrected chi connectivity index (χ1v) is 8.23. The third kappa shape index (κ3) is 3.00. The maximum absolute atomic E-state index is 12.1. The second-order valence-electron chi connectivity index (χ2n) is 5.69. The molecule has 1 aliphatic carbocycles. The monoisotopic (exact) mass is 307 g/mol. The van der Waals surface area contributed by atoms with Gasteiger partial charge in [0.1, 0.15) is 5.01 Å². The average Bonchev–Trinajstić information content (AvgIpc) is 3.18. The highest BCUT2D eigenvalue weighted by Gasteiger charge is 2.32. The molecule has 2 aromatic heterocycles. The van der Waals surface area contributed by atoms with E-state index in [9.17, 15) is 4.79 Å². The van der Waals surface area contributed by atoms with Crippen LogP contribution in [0.4, 0.5) is 0 Å². The summed E-state index contributed by atoms with van der Waals surface area (Å²) in [7, 11) is 2.06. The van der Waals surface area contributed by atoms with Crippen molar-refractivity contribution in [3.8, 4) is 0 Å². The van der Waals surface area contributed by atoms with Crippen molar-refractivity contribution >= 4 is 16.3 Å². The van der Waals surface area contributed by atoms with Crippen molar-refractivity contribution in [2.45, 2.75) is 38.8 Å². The standard InChI is InChI=1S/C14H21N5OS/c1-3-12-17-19-13(20)6-10(16-14(19)21-12)8-18(2)11(7-15)9-4-5-9/h6,9,11H,3-5,7-8,15H2,1-2H3. The van der Waals surface area contributed by atoms with E-state index < -0.39 is 0 Å². The molecule has 1 atom stereocenters. The summed E-state index contributed by atoms with van der Waals surface area (Å²) < 4.78 is 1.40. The summed E-state index contributed by atoms with van der Waals surface area (Å²) >= 11 is 1.48. The average molecular weight is 307 g/mol. The molecule has 0 amide bonds. The molecule has 7 heteroatoms. The molecule has 1 saturated carbocycles. The Hall–Kier alpha value is -1.31. The number of rotatable bonds is 6. The normalized spacial score (nSPS) is 16.8. The van der Waals surface area contributed by atoms with E-state index in [-0.39, 0.29) is 5.56 Å². The number of nitrogens with two attached hydrogens (primary N) is 1. The molecule has 1 fully saturated rings. The van der Waals surface area contributed by atoms with E-state index in [2.05, 4.69) is 22.0 Å². The largest absolute Gasteiger partial charge is 0.329 e. The van der Waals surface area contributed by atoms with Crippen molar-refractivity contribution in [2.75, 3.05) is 13.6 Å². The van der Waals surface area contributed by atoms with Crippen molar-refractivity contribution in [1.82, 2.24) is 19.5 Å². The predicted octanol–water partition coefficient (Wildman–Crippen LogP) is 0.882. The molecule has 114 valence electrons. The number of aromatic nitrogens is 3. The Morgan fingerprint density at radius 1 is 1.57 bits per heavy atom. The van der Waals surface area contributed by atoms with E-state index in [4.69, 9.17) is 5.73 Å². The van der Waals surface area contributed by atoms with Crippen LogP contribution in [0.15, 0.2) is 10.9 Å². The number of hydrogen-bond acceptors (Lipinski definition) is 6. The van der Waals surface area contributed by atoms with Gasteiger partial charge in [-0.2, -0.15) is 9.61 Å². The summed E-state index contributed by atoms with van der Waals surface area (Å²) in [5.41, 5.74) is 6.57. The molecule has 0 spiro atoms. The second kappa shape index (κ2) is 5.82. The lowest BCUT2D eigenvalue weighted by molar-refractivity contribution is 0.213. The van der Waals surface area contributed by atoms with Crippen LogP contribution in [-0.2, 0) is 13.0 Å². The quantitative estimate of drug-likeness (QED) is 0.857. The van der Waals surface area contributed by atoms with Gasteiger partial charge in [0.2, 0.25) is 4.96 Å². The second-order valence-corrected chi connectivity index (χ2v) is 6.73. The Morgan fingerprint density at radius 2 is 2.33 bits per heavy atom. The molecule has 3 rings (SSSR count). The zero-order chi connectivity index (χ0) is 15.0. The van der Waals surface area contributed by atoms with Crippen molar-refractivity contribution in [3.63, 3.8) is 0 Å². The Labute approximate surface area is 127 Å². The van der Waals surface area contributed by atoms with E-state index in [1.807, 2.05) is 6.92 Å². The molecule has 21 heavy (non-hydrogen) atoms. The molecule has 0 radical (unpaired) electrons. The minimum Gasteiger partial charge on any atom is -0.329 e. The van der Waals surface area contributed by atoms with Gasteiger partial charge < -0.3 is 5.73 Å². The lowest BCUT2D eigenvalue weighted by atomic mass is 10.1. The third-order valence-corrected chi connectivity index (χ3v) is 5.08. The van der Waals surface area contributed by atoms with Crippen LogP contribution < -0.4 is 11.3 Å². The van der Waals surface area contributed by atoms with Crippen LogP contribution in [0.1, 0.15) is 30.5 Å². The number of aryl methyl sites for hydroxylation is 1. The van der Waals surface area contributed by atoms with E-state index in [1.165, 1.54) is 28.7 Å². The van der Waals surface area contributed by atoms with E-state index >= 15 is 0 Å². The summed E-state index contributed by atoms with van der Waals surface area (Å²) in [6, 6.07) is 1.97. The molecule has 2 N–H and O–H groups in total. The number of fused-ring (bicyclic) bond motifs is 1. The zero-order valence-electron chi connectivity index (χ0n) is 12.5. The summed E-state index contributed by atoms with van der Waals surface area (Å²) in [6.07, 6.45) is 3.34. The van der Waals surface area contributed by atoms with E-state index in [0.717, 1.165) is 17.1 Å². The van der Waals surface area contributed by atoms with Gasteiger partial charge in [-0.05, 0) is 32.2 Å². The van der Waals surface area contributed by atoms with Crippen LogP contribution in [0.3, 0.4) is 0 Å². The van der Waals surface area contributed by atoms with Crippen LogP contribution in [0.25, 0.3) is 4.96 Å². The van der Waals surface area contributed by atoms with Crippen LogP contribution in [-0.4, -0.2) is 39.1 Å². The SMILES string of the molecule is CCc1nn2c(=O)cc(CN(C)C(CN)C3CC3)nc2s1. The van der Waals surface area contributed by atoms with Crippen LogP contribution in [0, 0.1) is 5.92 Å². The smallest absolute Gasteiger partial charge is 0.275 e. The van der Waals surface area contributed by atoms with E-state index in [0.29, 0.717) is 30.0 Å². The fourth-order valence-corrected chi connectivity index (χ4v) is 3.56. The molecule has 1 aliphatic rings. The van der Waals surface area contributed by atoms with Gasteiger partial charge >= 0.3 is 0 Å². The lowest BCUT2D eigenvalue weighted by Crippen LogP contribution is -2.39. The molecule has 1 unspecified atom stereocenters. The summed E-state index contributed by atoms with van der Waals surface area (Å²) in [5.74, 6) is 0.708. The third-order valence-electron chi connectivity index (χ3n) is 4.03. The summed E-state index contributed by atoms with van der Waals surface area (Å²) in [4.78, 5) is 19.6. The lowest BCUT2D eigenvalue weighted by Gasteiger charge is -2.26. The molecule has 2 heterocycles. The van der Waals surface area contributed by atoms with E-state index in [1.54, 1.807) is 6.07 Å². The highest BCUT2D eigenvalue weighted by molar-refractivity contribution is 7.16. The molecule has 0 bridgehead atoms. The van der Waals surface area contributed by atoms with Gasteiger partial charge in [0.15, 0.2) is 0 Å². The molecular weight excluding hydrogens is 286 g/mol. The first-order chi connectivity index (χ1) is 10.1. The number of nitrogens with zero attached hydrogens (tertiary/aromatic N) is 4. The zero-order valence-corrected chi connectivity index (χ0v) is 13.3. The highest BCUT2D eigenvalue weighted by atomic mass is 32.1. The number of likely N-dealkylation sites (N-methyl/N-ethyl adjacent to an activating group) is 1. The van der Waals surface area contributed by atoms with Gasteiger partial charge in [0.25, 0.3) is 5.56 Å². The maximum Gasteiger partial charge on any atom is 0.275 e. The van der Waals surface area contributed by atoms with Gasteiger partial charge in [0.05, 0.1) is 5.69 Å². The Kier molecular flexibility index (Phi) is 4.05. The van der Waals surface area contributed by atoms with Gasteiger partial charge in [-0.25, -0.2) is 4.98 Å². The van der Waals surface area contributed by atoms with Gasteiger partial charge in [-0.15, -0.1) is 0 Å². The van der Waals surface area contributed by atoms with Crippen molar-refractivity contribution in [2.24, 2.45) is 11.7 Å². The number of hydrogen-bond donors (Lipinski definition) is 1. The minimum absolute atomic E-state index is 0.102. The predicted molar refractivity (Wildman–Crippen MR) is 83.5 cm³/mol. The van der Waals surface area contributed by atoms with Crippen molar-refractivity contribution in [3.05, 3.63) is 27.1 Å². The van der Waals surface area contributed by atoms with Crippen molar-refractivity contribution in [1.29, 1.82) is 0 Å². The Balaban J connectivity index is 1.84. The van der Waals surface area contributed by atoms with Crippen LogP contribution >= 0.6 is 11.3 Å². The summed E-state index contributed by atoms with van der Waals surface area (Å²) in [6.45, 7) is 3.34. The van der Waals surface area contributed by atoms with Gasteiger partial charge in [-0.1, -0.05) is 18.3 Å². The van der Waals surface area contributed by atoms with Crippen LogP contribution in [0.2, 0.25) is 0 Å². The fraction of sp³-hybridized carbons (Fsp3) is 0.643. The minimum atomic E-state index is -0.102. The summed E-state index contributed by atoms with van der Waals surface area (Å²) in [5, 5.41) is 5.20. The maximum atomic E-state index is 12.1. The topological polar surface area (TPSA) is 76.5 Å².